The number of hydrogen-bond donors (Lipinski definition) is 1. The van der Waals surface area contributed by atoms with Crippen molar-refractivity contribution >= 4 is 23.2 Å². The van der Waals surface area contributed by atoms with Crippen LogP contribution in [0.5, 0.6) is 5.75 Å². The van der Waals surface area contributed by atoms with E-state index in [1.54, 1.807) is 7.11 Å². The summed E-state index contributed by atoms with van der Waals surface area (Å²) in [6.07, 6.45) is 0.892. The summed E-state index contributed by atoms with van der Waals surface area (Å²) >= 11 is 5.90. The Morgan fingerprint density at radius 3 is 2.59 bits per heavy atom. The number of ether oxygens (including phenoxy) is 1. The van der Waals surface area contributed by atoms with Gasteiger partial charge in [0.2, 0.25) is 5.91 Å². The highest BCUT2D eigenvalue weighted by atomic mass is 35.5. The van der Waals surface area contributed by atoms with Crippen LogP contribution in [-0.4, -0.2) is 13.0 Å². The van der Waals surface area contributed by atoms with E-state index in [0.29, 0.717) is 5.92 Å². The first-order valence-electron chi connectivity index (χ1n) is 7.29. The lowest BCUT2D eigenvalue weighted by Gasteiger charge is -2.10. The lowest BCUT2D eigenvalue weighted by Crippen LogP contribution is -2.15. The third kappa shape index (κ3) is 3.09. The topological polar surface area (TPSA) is 38.3 Å². The molecule has 0 aliphatic heterocycles. The highest BCUT2D eigenvalue weighted by Gasteiger charge is 2.43. The van der Waals surface area contributed by atoms with Gasteiger partial charge in [-0.3, -0.25) is 4.79 Å². The van der Waals surface area contributed by atoms with Gasteiger partial charge >= 0.3 is 0 Å². The van der Waals surface area contributed by atoms with Crippen molar-refractivity contribution in [2.45, 2.75) is 19.3 Å². The maximum atomic E-state index is 12.4. The smallest absolute Gasteiger partial charge is 0.228 e. The zero-order chi connectivity index (χ0) is 15.7. The highest BCUT2D eigenvalue weighted by Crippen LogP contribution is 2.48. The van der Waals surface area contributed by atoms with Crippen LogP contribution in [0.3, 0.4) is 0 Å². The monoisotopic (exact) mass is 315 g/mol. The zero-order valence-electron chi connectivity index (χ0n) is 12.6. The lowest BCUT2D eigenvalue weighted by atomic mass is 10.1. The molecule has 114 valence electrons. The fourth-order valence-electron chi connectivity index (χ4n) is 2.69. The second-order valence-corrected chi connectivity index (χ2v) is 6.11. The van der Waals surface area contributed by atoms with Crippen LogP contribution in [0, 0.1) is 12.8 Å². The molecule has 2 aromatic carbocycles. The molecule has 0 aromatic heterocycles. The maximum absolute atomic E-state index is 12.4. The van der Waals surface area contributed by atoms with Gasteiger partial charge < -0.3 is 10.1 Å². The van der Waals surface area contributed by atoms with Crippen LogP contribution < -0.4 is 10.1 Å². The summed E-state index contributed by atoms with van der Waals surface area (Å²) in [5.74, 6) is 1.22. The molecule has 1 aliphatic rings. The van der Waals surface area contributed by atoms with Crippen molar-refractivity contribution in [3.63, 3.8) is 0 Å². The van der Waals surface area contributed by atoms with Gasteiger partial charge in [-0.1, -0.05) is 23.7 Å². The average Bonchev–Trinajstić information content (AvgIpc) is 3.30. The summed E-state index contributed by atoms with van der Waals surface area (Å²) in [5.41, 5.74) is 3.01. The Balaban J connectivity index is 1.65. The van der Waals surface area contributed by atoms with Crippen LogP contribution >= 0.6 is 11.6 Å². The van der Waals surface area contributed by atoms with Gasteiger partial charge in [0.15, 0.2) is 0 Å². The second kappa shape index (κ2) is 6.01. The number of carbonyl (C=O) groups excluding carboxylic acids is 1. The van der Waals surface area contributed by atoms with Crippen LogP contribution in [0.4, 0.5) is 5.69 Å². The van der Waals surface area contributed by atoms with Crippen molar-refractivity contribution in [3.05, 3.63) is 58.6 Å². The van der Waals surface area contributed by atoms with Gasteiger partial charge in [-0.05, 0) is 60.7 Å². The third-order valence-corrected chi connectivity index (χ3v) is 4.37. The normalized spacial score (nSPS) is 19.6. The van der Waals surface area contributed by atoms with Crippen molar-refractivity contribution in [2.75, 3.05) is 12.4 Å². The maximum Gasteiger partial charge on any atom is 0.228 e. The summed E-state index contributed by atoms with van der Waals surface area (Å²) in [6.45, 7) is 1.96. The van der Waals surface area contributed by atoms with E-state index in [1.807, 2.05) is 49.4 Å². The van der Waals surface area contributed by atoms with Crippen LogP contribution in [-0.2, 0) is 4.79 Å². The molecular weight excluding hydrogens is 298 g/mol. The Labute approximate surface area is 135 Å². The van der Waals surface area contributed by atoms with Gasteiger partial charge in [0.1, 0.15) is 5.75 Å². The molecule has 3 rings (SSSR count). The molecule has 2 atom stereocenters. The summed E-state index contributed by atoms with van der Waals surface area (Å²) < 4.78 is 5.18. The molecule has 0 saturated heterocycles. The molecule has 1 aliphatic carbocycles. The fraction of sp³-hybridized carbons (Fsp3) is 0.278. The number of aryl methyl sites for hydroxylation is 1. The molecule has 0 radical (unpaired) electrons. The molecule has 4 heteroatoms. The number of rotatable bonds is 4. The molecule has 3 nitrogen and oxygen atoms in total. The Morgan fingerprint density at radius 2 is 1.95 bits per heavy atom. The number of anilines is 1. The molecule has 0 spiro atoms. The molecule has 1 saturated carbocycles. The minimum absolute atomic E-state index is 0.0441. The van der Waals surface area contributed by atoms with Gasteiger partial charge in [-0.2, -0.15) is 0 Å². The minimum atomic E-state index is 0.0441. The van der Waals surface area contributed by atoms with E-state index >= 15 is 0 Å². The Morgan fingerprint density at radius 1 is 1.23 bits per heavy atom. The van der Waals surface area contributed by atoms with Crippen molar-refractivity contribution in [2.24, 2.45) is 5.92 Å². The lowest BCUT2D eigenvalue weighted by molar-refractivity contribution is -0.117. The number of halogens is 1. The minimum Gasteiger partial charge on any atom is -0.497 e. The fourth-order valence-corrected chi connectivity index (χ4v) is 2.82. The van der Waals surface area contributed by atoms with Crippen molar-refractivity contribution in [3.8, 4) is 5.75 Å². The van der Waals surface area contributed by atoms with E-state index in [-0.39, 0.29) is 11.8 Å². The van der Waals surface area contributed by atoms with Gasteiger partial charge in [0.05, 0.1) is 7.11 Å². The third-order valence-electron chi connectivity index (χ3n) is 4.12. The van der Waals surface area contributed by atoms with E-state index in [9.17, 15) is 4.79 Å². The summed E-state index contributed by atoms with van der Waals surface area (Å²) in [7, 11) is 1.63. The number of carbonyl (C=O) groups is 1. The van der Waals surface area contributed by atoms with Crippen molar-refractivity contribution in [1.82, 2.24) is 0 Å². The Bertz CT molecular complexity index is 697. The van der Waals surface area contributed by atoms with Crippen molar-refractivity contribution in [1.29, 1.82) is 0 Å². The first kappa shape index (κ1) is 14.9. The van der Waals surface area contributed by atoms with E-state index in [2.05, 4.69) is 5.32 Å². The van der Waals surface area contributed by atoms with Crippen LogP contribution in [0.2, 0.25) is 5.02 Å². The molecule has 0 bridgehead atoms. The van der Waals surface area contributed by atoms with Gasteiger partial charge in [-0.15, -0.1) is 0 Å². The summed E-state index contributed by atoms with van der Waals surface area (Å²) in [4.78, 5) is 12.4. The average molecular weight is 316 g/mol. The molecule has 0 unspecified atom stereocenters. The molecule has 1 N–H and O–H groups in total. The Hall–Kier alpha value is -2.00. The number of nitrogens with one attached hydrogen (secondary N) is 1. The van der Waals surface area contributed by atoms with Gasteiger partial charge in [0.25, 0.3) is 0 Å². The number of methoxy groups -OCH3 is 1. The SMILES string of the molecule is COc1ccc(NC(=O)[C@H]2C[C@H]2c2ccc(Cl)cc2)c(C)c1. The quantitative estimate of drug-likeness (QED) is 0.908. The molecular formula is C18H18ClNO2. The molecule has 0 heterocycles. The molecule has 2 aromatic rings. The van der Waals surface area contributed by atoms with Gasteiger partial charge in [0, 0.05) is 16.6 Å². The van der Waals surface area contributed by atoms with Crippen LogP contribution in [0.25, 0.3) is 0 Å². The number of hydrogen-bond acceptors (Lipinski definition) is 2. The van der Waals surface area contributed by atoms with E-state index in [4.69, 9.17) is 16.3 Å². The second-order valence-electron chi connectivity index (χ2n) is 5.67. The van der Waals surface area contributed by atoms with E-state index in [0.717, 1.165) is 28.4 Å². The zero-order valence-corrected chi connectivity index (χ0v) is 13.4. The largest absolute Gasteiger partial charge is 0.497 e. The molecule has 22 heavy (non-hydrogen) atoms. The van der Waals surface area contributed by atoms with Crippen LogP contribution in [0.1, 0.15) is 23.5 Å². The summed E-state index contributed by atoms with van der Waals surface area (Å²) in [5, 5.41) is 3.74. The van der Waals surface area contributed by atoms with E-state index in [1.165, 1.54) is 5.56 Å². The Kier molecular flexibility index (Phi) is 4.08. The molecule has 1 amide bonds. The predicted octanol–water partition coefficient (Wildman–Crippen LogP) is 4.40. The first-order chi connectivity index (χ1) is 10.6. The van der Waals surface area contributed by atoms with Crippen molar-refractivity contribution < 1.29 is 9.53 Å². The standard InChI is InChI=1S/C18H18ClNO2/c1-11-9-14(22-2)7-8-17(11)20-18(21)16-10-15(16)12-3-5-13(19)6-4-12/h3-9,15-16H,10H2,1-2H3,(H,20,21)/t15-,16-/m0/s1. The number of amides is 1. The van der Waals surface area contributed by atoms with Crippen LogP contribution in [0.15, 0.2) is 42.5 Å². The first-order valence-corrected chi connectivity index (χ1v) is 7.67. The highest BCUT2D eigenvalue weighted by molar-refractivity contribution is 6.30. The van der Waals surface area contributed by atoms with Gasteiger partial charge in [-0.25, -0.2) is 0 Å². The summed E-state index contributed by atoms with van der Waals surface area (Å²) in [6, 6.07) is 13.4. The number of benzene rings is 2. The van der Waals surface area contributed by atoms with E-state index < -0.39 is 0 Å². The molecule has 1 fully saturated rings. The predicted molar refractivity (Wildman–Crippen MR) is 88.7 cm³/mol.